The van der Waals surface area contributed by atoms with Gasteiger partial charge in [-0.05, 0) is 55.6 Å². The Balaban J connectivity index is 1.52. The fourth-order valence-corrected chi connectivity index (χ4v) is 6.14. The van der Waals surface area contributed by atoms with Crippen molar-refractivity contribution >= 4 is 34.0 Å². The van der Waals surface area contributed by atoms with E-state index in [4.69, 9.17) is 35.9 Å². The minimum Gasteiger partial charge on any atom is -0.496 e. The molecule has 206 valence electrons. The van der Waals surface area contributed by atoms with E-state index in [-0.39, 0.29) is 17.3 Å². The number of ether oxygens (including phenoxy) is 5. The van der Waals surface area contributed by atoms with Gasteiger partial charge in [-0.1, -0.05) is 18.2 Å². The zero-order chi connectivity index (χ0) is 27.5. The normalized spacial score (nSPS) is 22.6. The standard InChI is InChI=1S/C30H35N3O5S/c1-6-18-17-33-11-10-19(18)12-25(33)29(22-8-7-9-24-23(22)13-21(35-3)16-31-24)38-30(39)32-28-26(36-4)14-20(34-2)15-27(28)37-5/h6-9,13-16,18-19,25,29H,1,10-12,17H2,2-5H3,(H,32,39)/t18?,19?,25?,29-/m0/s1. The molecule has 0 saturated carbocycles. The number of aromatic nitrogens is 1. The van der Waals surface area contributed by atoms with Gasteiger partial charge in [-0.25, -0.2) is 0 Å². The van der Waals surface area contributed by atoms with Gasteiger partial charge in [0.1, 0.15) is 34.8 Å². The number of nitrogens with zero attached hydrogens (tertiary/aromatic N) is 2. The number of pyridine rings is 1. The summed E-state index contributed by atoms with van der Waals surface area (Å²) in [4.78, 5) is 7.14. The lowest BCUT2D eigenvalue weighted by molar-refractivity contribution is -0.0386. The first-order valence-corrected chi connectivity index (χ1v) is 13.5. The van der Waals surface area contributed by atoms with Gasteiger partial charge in [0.2, 0.25) is 0 Å². The average Bonchev–Trinajstić information content (AvgIpc) is 2.99. The van der Waals surface area contributed by atoms with Gasteiger partial charge >= 0.3 is 0 Å². The molecule has 4 heterocycles. The Morgan fingerprint density at radius 3 is 2.44 bits per heavy atom. The molecule has 3 saturated heterocycles. The number of hydrogen-bond donors (Lipinski definition) is 1. The van der Waals surface area contributed by atoms with Crippen LogP contribution in [0.4, 0.5) is 5.69 Å². The molecule has 3 aromatic rings. The Labute approximate surface area is 234 Å². The van der Waals surface area contributed by atoms with Gasteiger partial charge in [0.25, 0.3) is 5.17 Å². The van der Waals surface area contributed by atoms with E-state index < -0.39 is 0 Å². The Hall–Kier alpha value is -3.56. The van der Waals surface area contributed by atoms with E-state index in [2.05, 4.69) is 33.9 Å². The number of piperidine rings is 3. The van der Waals surface area contributed by atoms with E-state index in [1.807, 2.05) is 18.2 Å². The topological polar surface area (TPSA) is 74.3 Å². The van der Waals surface area contributed by atoms with Crippen molar-refractivity contribution in [3.05, 3.63) is 60.8 Å². The van der Waals surface area contributed by atoms with Crippen molar-refractivity contribution in [3.63, 3.8) is 0 Å². The lowest BCUT2D eigenvalue weighted by Gasteiger charge is -2.51. The molecule has 2 aromatic carbocycles. The van der Waals surface area contributed by atoms with E-state index >= 15 is 0 Å². The van der Waals surface area contributed by atoms with E-state index in [1.165, 1.54) is 0 Å². The molecule has 39 heavy (non-hydrogen) atoms. The number of benzene rings is 2. The zero-order valence-corrected chi connectivity index (χ0v) is 23.6. The SMILES string of the molecule is C=CC1CN2CCC1CC2[C@@H](OC(=S)Nc1c(OC)cc(OC)cc1OC)c1cccc2ncc(OC)cc12. The van der Waals surface area contributed by atoms with Crippen molar-refractivity contribution in [2.45, 2.75) is 25.0 Å². The van der Waals surface area contributed by atoms with Crippen LogP contribution in [0.5, 0.6) is 23.0 Å². The molecule has 0 radical (unpaired) electrons. The highest BCUT2D eigenvalue weighted by atomic mass is 32.1. The highest BCUT2D eigenvalue weighted by molar-refractivity contribution is 7.80. The number of hydrogen-bond acceptors (Lipinski definition) is 8. The molecule has 9 heteroatoms. The smallest absolute Gasteiger partial charge is 0.262 e. The van der Waals surface area contributed by atoms with Crippen molar-refractivity contribution in [3.8, 4) is 23.0 Å². The van der Waals surface area contributed by atoms with Gasteiger partial charge in [-0.15, -0.1) is 6.58 Å². The number of rotatable bonds is 9. The molecular formula is C30H35N3O5S. The molecule has 2 bridgehead atoms. The van der Waals surface area contributed by atoms with Gasteiger partial charge in [0.05, 0.1) is 46.2 Å². The van der Waals surface area contributed by atoms with Gasteiger partial charge in [-0.3, -0.25) is 9.88 Å². The van der Waals surface area contributed by atoms with Crippen LogP contribution < -0.4 is 24.3 Å². The van der Waals surface area contributed by atoms with Crippen LogP contribution in [0.15, 0.2) is 55.3 Å². The summed E-state index contributed by atoms with van der Waals surface area (Å²) >= 11 is 5.81. The Morgan fingerprint density at radius 2 is 1.82 bits per heavy atom. The van der Waals surface area contributed by atoms with Crippen LogP contribution in [-0.2, 0) is 4.74 Å². The molecule has 8 nitrogen and oxygen atoms in total. The van der Waals surface area contributed by atoms with Crippen LogP contribution in [-0.4, -0.2) is 62.6 Å². The molecule has 5 atom stereocenters. The van der Waals surface area contributed by atoms with Crippen molar-refractivity contribution in [2.75, 3.05) is 46.8 Å². The van der Waals surface area contributed by atoms with E-state index in [1.54, 1.807) is 46.8 Å². The zero-order valence-electron chi connectivity index (χ0n) is 22.8. The summed E-state index contributed by atoms with van der Waals surface area (Å²) in [6.07, 6.45) is 5.65. The van der Waals surface area contributed by atoms with Gasteiger partial charge in [-0.2, -0.15) is 0 Å². The monoisotopic (exact) mass is 549 g/mol. The first kappa shape index (κ1) is 27.0. The summed E-state index contributed by atoms with van der Waals surface area (Å²) in [6, 6.07) is 11.8. The van der Waals surface area contributed by atoms with Crippen LogP contribution in [0, 0.1) is 11.8 Å². The number of fused-ring (bicyclic) bond motifs is 4. The van der Waals surface area contributed by atoms with Crippen molar-refractivity contribution < 1.29 is 23.7 Å². The third kappa shape index (κ3) is 5.33. The first-order chi connectivity index (χ1) is 19.0. The molecule has 4 unspecified atom stereocenters. The minimum absolute atomic E-state index is 0.135. The molecule has 0 spiro atoms. The number of nitrogens with one attached hydrogen (secondary N) is 1. The van der Waals surface area contributed by atoms with Crippen molar-refractivity contribution in [2.24, 2.45) is 11.8 Å². The summed E-state index contributed by atoms with van der Waals surface area (Å²) in [6.45, 7) is 6.07. The molecule has 1 N–H and O–H groups in total. The molecule has 3 aliphatic heterocycles. The highest BCUT2D eigenvalue weighted by Gasteiger charge is 2.44. The Kier molecular flexibility index (Phi) is 8.09. The quantitative estimate of drug-likeness (QED) is 0.270. The van der Waals surface area contributed by atoms with Crippen molar-refractivity contribution in [1.82, 2.24) is 9.88 Å². The third-order valence-electron chi connectivity index (χ3n) is 7.96. The summed E-state index contributed by atoms with van der Waals surface area (Å²) in [5.74, 6) is 3.42. The lowest BCUT2D eigenvalue weighted by Crippen LogP contribution is -2.55. The molecule has 0 amide bonds. The minimum atomic E-state index is -0.341. The van der Waals surface area contributed by atoms with E-state index in [0.717, 1.165) is 42.4 Å². The fraction of sp³-hybridized carbons (Fsp3) is 0.400. The molecule has 6 rings (SSSR count). The molecular weight excluding hydrogens is 514 g/mol. The second kappa shape index (κ2) is 11.7. The van der Waals surface area contributed by atoms with Crippen LogP contribution in [0.3, 0.4) is 0 Å². The van der Waals surface area contributed by atoms with Gasteiger partial charge < -0.3 is 29.0 Å². The third-order valence-corrected chi connectivity index (χ3v) is 8.15. The summed E-state index contributed by atoms with van der Waals surface area (Å²) < 4.78 is 28.8. The van der Waals surface area contributed by atoms with Gasteiger partial charge in [0.15, 0.2) is 0 Å². The summed E-state index contributed by atoms with van der Waals surface area (Å²) in [5, 5.41) is 4.43. The van der Waals surface area contributed by atoms with Crippen LogP contribution >= 0.6 is 12.2 Å². The van der Waals surface area contributed by atoms with Crippen LogP contribution in [0.25, 0.3) is 10.9 Å². The maximum atomic E-state index is 6.68. The Morgan fingerprint density at radius 1 is 1.08 bits per heavy atom. The van der Waals surface area contributed by atoms with E-state index in [0.29, 0.717) is 40.5 Å². The number of methoxy groups -OCH3 is 4. The molecule has 0 aliphatic carbocycles. The second-order valence-corrected chi connectivity index (χ2v) is 10.3. The van der Waals surface area contributed by atoms with Crippen molar-refractivity contribution in [1.29, 1.82) is 0 Å². The fourth-order valence-electron chi connectivity index (χ4n) is 5.93. The van der Waals surface area contributed by atoms with E-state index in [9.17, 15) is 0 Å². The highest BCUT2D eigenvalue weighted by Crippen LogP contribution is 2.44. The number of anilines is 1. The molecule has 3 aliphatic rings. The predicted molar refractivity (Wildman–Crippen MR) is 156 cm³/mol. The van der Waals surface area contributed by atoms with Crippen LogP contribution in [0.2, 0.25) is 0 Å². The molecule has 1 aromatic heterocycles. The molecule has 3 fully saturated rings. The lowest BCUT2D eigenvalue weighted by atomic mass is 9.73. The maximum absolute atomic E-state index is 6.68. The Bertz CT molecular complexity index is 1340. The second-order valence-electron chi connectivity index (χ2n) is 9.89. The predicted octanol–water partition coefficient (Wildman–Crippen LogP) is 5.62. The van der Waals surface area contributed by atoms with Crippen LogP contribution in [0.1, 0.15) is 24.5 Å². The average molecular weight is 550 g/mol. The largest absolute Gasteiger partial charge is 0.496 e. The van der Waals surface area contributed by atoms with Gasteiger partial charge in [0, 0.05) is 29.6 Å². The first-order valence-electron chi connectivity index (χ1n) is 13.1. The maximum Gasteiger partial charge on any atom is 0.262 e. The summed E-state index contributed by atoms with van der Waals surface area (Å²) in [5.41, 5.74) is 2.46. The summed E-state index contributed by atoms with van der Waals surface area (Å²) in [7, 11) is 6.42. The number of thiocarbonyl (C=S) groups is 1.